The number of fused-ring (bicyclic) bond motifs is 1. The van der Waals surface area contributed by atoms with E-state index in [9.17, 15) is 4.79 Å². The number of aryl methyl sites for hydroxylation is 2. The number of benzene rings is 1. The van der Waals surface area contributed by atoms with Crippen LogP contribution in [0.15, 0.2) is 22.7 Å². The van der Waals surface area contributed by atoms with Crippen LogP contribution in [0.5, 0.6) is 11.5 Å². The van der Waals surface area contributed by atoms with Crippen LogP contribution in [0.25, 0.3) is 0 Å². The van der Waals surface area contributed by atoms with E-state index in [-0.39, 0.29) is 12.1 Å². The van der Waals surface area contributed by atoms with Gasteiger partial charge in [-0.25, -0.2) is 4.79 Å². The van der Waals surface area contributed by atoms with Gasteiger partial charge in [-0.2, -0.15) is 0 Å². The maximum Gasteiger partial charge on any atom is 0.317 e. The Bertz CT molecular complexity index is 752. The number of amides is 2. The van der Waals surface area contributed by atoms with Crippen LogP contribution >= 0.6 is 0 Å². The summed E-state index contributed by atoms with van der Waals surface area (Å²) in [5.41, 5.74) is 2.70. The average Bonchev–Trinajstić information content (AvgIpc) is 2.93. The molecule has 1 N–H and O–H groups in total. The van der Waals surface area contributed by atoms with Gasteiger partial charge in [0.25, 0.3) is 0 Å². The van der Waals surface area contributed by atoms with E-state index in [4.69, 9.17) is 14.0 Å². The highest BCUT2D eigenvalue weighted by Crippen LogP contribution is 2.32. The summed E-state index contributed by atoms with van der Waals surface area (Å²) in [5.74, 6) is 2.19. The highest BCUT2D eigenvalue weighted by Gasteiger charge is 2.19. The molecule has 2 aromatic rings. The lowest BCUT2D eigenvalue weighted by Crippen LogP contribution is -2.38. The zero-order chi connectivity index (χ0) is 18.0. The highest BCUT2D eigenvalue weighted by atomic mass is 16.6. The lowest BCUT2D eigenvalue weighted by Gasteiger charge is -2.23. The van der Waals surface area contributed by atoms with E-state index in [1.165, 1.54) is 0 Å². The molecular formula is C18H23N3O4. The molecule has 2 amide bonds. The number of hydrogen-bond acceptors (Lipinski definition) is 5. The quantitative estimate of drug-likeness (QED) is 0.922. The predicted octanol–water partition coefficient (Wildman–Crippen LogP) is 2.97. The van der Waals surface area contributed by atoms with Gasteiger partial charge in [0.15, 0.2) is 11.5 Å². The fraction of sp³-hybridized carbons (Fsp3) is 0.444. The Kier molecular flexibility index (Phi) is 4.83. The van der Waals surface area contributed by atoms with Gasteiger partial charge in [-0.1, -0.05) is 11.2 Å². The van der Waals surface area contributed by atoms with Crippen molar-refractivity contribution < 1.29 is 18.8 Å². The third-order valence-electron chi connectivity index (χ3n) is 4.33. The topological polar surface area (TPSA) is 76.8 Å². The molecule has 1 aliphatic heterocycles. The second kappa shape index (κ2) is 7.04. The van der Waals surface area contributed by atoms with Crippen LogP contribution in [0.2, 0.25) is 0 Å². The van der Waals surface area contributed by atoms with Gasteiger partial charge in [-0.15, -0.1) is 0 Å². The van der Waals surface area contributed by atoms with Crippen molar-refractivity contribution in [3.63, 3.8) is 0 Å². The lowest BCUT2D eigenvalue weighted by atomic mass is 10.1. The van der Waals surface area contributed by atoms with Crippen LogP contribution in [0.1, 0.15) is 35.5 Å². The molecule has 1 aliphatic rings. The molecule has 25 heavy (non-hydrogen) atoms. The van der Waals surface area contributed by atoms with Gasteiger partial charge in [0.2, 0.25) is 0 Å². The molecule has 0 saturated heterocycles. The predicted molar refractivity (Wildman–Crippen MR) is 91.8 cm³/mol. The molecule has 0 radical (unpaired) electrons. The molecule has 1 unspecified atom stereocenters. The van der Waals surface area contributed by atoms with Crippen molar-refractivity contribution in [1.82, 2.24) is 15.4 Å². The fourth-order valence-corrected chi connectivity index (χ4v) is 2.74. The Hall–Kier alpha value is -2.70. The second-order valence-corrected chi connectivity index (χ2v) is 6.23. The minimum absolute atomic E-state index is 0.157. The Balaban J connectivity index is 1.64. The molecule has 1 aromatic heterocycles. The average molecular weight is 345 g/mol. The number of hydrogen-bond donors (Lipinski definition) is 1. The van der Waals surface area contributed by atoms with Gasteiger partial charge in [0, 0.05) is 12.6 Å². The summed E-state index contributed by atoms with van der Waals surface area (Å²) in [6, 6.07) is 5.40. The minimum Gasteiger partial charge on any atom is -0.486 e. The summed E-state index contributed by atoms with van der Waals surface area (Å²) < 4.78 is 16.3. The lowest BCUT2D eigenvalue weighted by molar-refractivity contribution is 0.171. The Morgan fingerprint density at radius 3 is 2.68 bits per heavy atom. The first-order chi connectivity index (χ1) is 12.0. The van der Waals surface area contributed by atoms with E-state index >= 15 is 0 Å². The van der Waals surface area contributed by atoms with E-state index < -0.39 is 0 Å². The first-order valence-electron chi connectivity index (χ1n) is 8.28. The molecule has 3 rings (SSSR count). The summed E-state index contributed by atoms with van der Waals surface area (Å²) in [6.07, 6.45) is 0. The fourth-order valence-electron chi connectivity index (χ4n) is 2.74. The van der Waals surface area contributed by atoms with E-state index in [1.54, 1.807) is 11.9 Å². The van der Waals surface area contributed by atoms with Gasteiger partial charge >= 0.3 is 6.03 Å². The van der Waals surface area contributed by atoms with E-state index in [0.29, 0.717) is 25.5 Å². The number of rotatable bonds is 4. The summed E-state index contributed by atoms with van der Waals surface area (Å²) in [5, 5.41) is 6.91. The van der Waals surface area contributed by atoms with Crippen molar-refractivity contribution in [2.75, 3.05) is 20.3 Å². The van der Waals surface area contributed by atoms with Gasteiger partial charge in [0.05, 0.1) is 18.3 Å². The van der Waals surface area contributed by atoms with Crippen LogP contribution in [-0.4, -0.2) is 36.3 Å². The van der Waals surface area contributed by atoms with Crippen molar-refractivity contribution in [2.24, 2.45) is 0 Å². The largest absolute Gasteiger partial charge is 0.486 e. The number of carbonyl (C=O) groups is 1. The third kappa shape index (κ3) is 3.70. The Morgan fingerprint density at radius 1 is 1.28 bits per heavy atom. The maximum atomic E-state index is 12.5. The molecule has 0 spiro atoms. The molecule has 7 heteroatoms. The molecule has 0 bridgehead atoms. The van der Waals surface area contributed by atoms with Crippen molar-refractivity contribution in [3.05, 3.63) is 40.8 Å². The molecule has 0 aliphatic carbocycles. The van der Waals surface area contributed by atoms with Crippen molar-refractivity contribution in [1.29, 1.82) is 0 Å². The standard InChI is InChI=1S/C18H23N3O4/c1-11(14-5-6-16-17(9-14)24-8-7-23-16)19-18(22)21(4)10-15-12(2)20-25-13(15)3/h5-6,9,11H,7-8,10H2,1-4H3,(H,19,22). The summed E-state index contributed by atoms with van der Waals surface area (Å²) in [4.78, 5) is 14.1. The van der Waals surface area contributed by atoms with Gasteiger partial charge < -0.3 is 24.2 Å². The first-order valence-corrected chi connectivity index (χ1v) is 8.28. The van der Waals surface area contributed by atoms with Crippen LogP contribution in [0, 0.1) is 13.8 Å². The van der Waals surface area contributed by atoms with E-state index in [0.717, 1.165) is 28.3 Å². The first kappa shape index (κ1) is 17.1. The molecule has 1 atom stereocenters. The maximum absolute atomic E-state index is 12.5. The van der Waals surface area contributed by atoms with Crippen molar-refractivity contribution in [2.45, 2.75) is 33.4 Å². The van der Waals surface area contributed by atoms with E-state index in [1.807, 2.05) is 39.0 Å². The molecule has 7 nitrogen and oxygen atoms in total. The molecule has 2 heterocycles. The van der Waals surface area contributed by atoms with Crippen molar-refractivity contribution in [3.8, 4) is 11.5 Å². The minimum atomic E-state index is -0.164. The number of ether oxygens (including phenoxy) is 2. The SMILES string of the molecule is Cc1noc(C)c1CN(C)C(=O)NC(C)c1ccc2c(c1)OCCO2. The van der Waals surface area contributed by atoms with Crippen LogP contribution < -0.4 is 14.8 Å². The van der Waals surface area contributed by atoms with Crippen molar-refractivity contribution >= 4 is 6.03 Å². The molecular weight excluding hydrogens is 322 g/mol. The molecule has 1 aromatic carbocycles. The second-order valence-electron chi connectivity index (χ2n) is 6.23. The molecule has 134 valence electrons. The third-order valence-corrected chi connectivity index (χ3v) is 4.33. The smallest absolute Gasteiger partial charge is 0.317 e. The number of nitrogens with zero attached hydrogens (tertiary/aromatic N) is 2. The Labute approximate surface area is 146 Å². The number of urea groups is 1. The van der Waals surface area contributed by atoms with Crippen LogP contribution in [-0.2, 0) is 6.54 Å². The summed E-state index contributed by atoms with van der Waals surface area (Å²) in [7, 11) is 1.75. The van der Waals surface area contributed by atoms with Gasteiger partial charge in [-0.3, -0.25) is 0 Å². The summed E-state index contributed by atoms with van der Waals surface area (Å²) in [6.45, 7) is 7.20. The van der Waals surface area contributed by atoms with Crippen LogP contribution in [0.4, 0.5) is 4.79 Å². The molecule has 0 fully saturated rings. The number of nitrogens with one attached hydrogen (secondary N) is 1. The Morgan fingerprint density at radius 2 is 2.00 bits per heavy atom. The zero-order valence-corrected chi connectivity index (χ0v) is 15.0. The zero-order valence-electron chi connectivity index (χ0n) is 15.0. The molecule has 0 saturated carbocycles. The van der Waals surface area contributed by atoms with Gasteiger partial charge in [-0.05, 0) is 38.5 Å². The number of carbonyl (C=O) groups excluding carboxylic acids is 1. The van der Waals surface area contributed by atoms with Gasteiger partial charge in [0.1, 0.15) is 19.0 Å². The normalized spacial score (nSPS) is 14.1. The number of aromatic nitrogens is 1. The van der Waals surface area contributed by atoms with Crippen LogP contribution in [0.3, 0.4) is 0 Å². The highest BCUT2D eigenvalue weighted by molar-refractivity contribution is 5.74. The summed E-state index contributed by atoms with van der Waals surface area (Å²) >= 11 is 0. The van der Waals surface area contributed by atoms with E-state index in [2.05, 4.69) is 10.5 Å². The monoisotopic (exact) mass is 345 g/mol.